The van der Waals surface area contributed by atoms with Gasteiger partial charge in [0.1, 0.15) is 12.6 Å². The standard InChI is InChI=1S/C19H26N6O/c1-3-14-6-7-17-16(9-14)13(2)22-19(23-17)24-18-20-11-25(12-21-18)10-15-5-4-8-26-15/h6-7,9,15H,3-5,8,10-12H2,1-2H3,(H2,20,21,22,23,24)/p+2/t15-/m0/s1. The van der Waals surface area contributed by atoms with E-state index in [1.165, 1.54) is 23.3 Å². The zero-order chi connectivity index (χ0) is 17.9. The van der Waals surface area contributed by atoms with Crippen molar-refractivity contribution in [3.8, 4) is 0 Å². The number of aryl methyl sites for hydroxylation is 2. The van der Waals surface area contributed by atoms with Gasteiger partial charge in [-0.2, -0.15) is 4.98 Å². The first-order valence-electron chi connectivity index (χ1n) is 9.55. The average Bonchev–Trinajstić information content (AvgIpc) is 3.16. The highest BCUT2D eigenvalue weighted by atomic mass is 16.5. The number of nitrogens with one attached hydrogen (secondary N) is 4. The lowest BCUT2D eigenvalue weighted by Crippen LogP contribution is -3.24. The first-order valence-corrected chi connectivity index (χ1v) is 9.55. The van der Waals surface area contributed by atoms with Gasteiger partial charge in [0.05, 0.1) is 11.2 Å². The van der Waals surface area contributed by atoms with Crippen molar-refractivity contribution in [2.24, 2.45) is 0 Å². The van der Waals surface area contributed by atoms with Crippen molar-refractivity contribution in [1.29, 1.82) is 0 Å². The number of fused-ring (bicyclic) bond motifs is 1. The molecule has 1 aromatic carbocycles. The first kappa shape index (κ1) is 17.2. The summed E-state index contributed by atoms with van der Waals surface area (Å²) in [6, 6.07) is 6.40. The largest absolute Gasteiger partial charge is 0.372 e. The maximum atomic E-state index is 5.73. The Labute approximate surface area is 153 Å². The Kier molecular flexibility index (Phi) is 4.99. The summed E-state index contributed by atoms with van der Waals surface area (Å²) in [4.78, 5) is 14.1. The van der Waals surface area contributed by atoms with E-state index in [4.69, 9.17) is 4.74 Å². The number of nitrogens with zero attached hydrogens (tertiary/aromatic N) is 2. The number of anilines is 1. The van der Waals surface area contributed by atoms with Crippen LogP contribution in [0.4, 0.5) is 5.95 Å². The van der Waals surface area contributed by atoms with Crippen molar-refractivity contribution >= 4 is 22.8 Å². The SMILES string of the molecule is CCc1ccc2nc(NC3=[NH+]C[NH+](C[C@@H]4CCCO4)CN3)nc(C)c2c1. The number of aromatic nitrogens is 2. The van der Waals surface area contributed by atoms with Gasteiger partial charge in [0.25, 0.3) is 5.95 Å². The van der Waals surface area contributed by atoms with Crippen LogP contribution in [0.1, 0.15) is 31.0 Å². The van der Waals surface area contributed by atoms with Gasteiger partial charge in [-0.25, -0.2) is 20.6 Å². The number of hydrogen-bond donors (Lipinski definition) is 4. The van der Waals surface area contributed by atoms with Gasteiger partial charge >= 0.3 is 5.96 Å². The van der Waals surface area contributed by atoms with Gasteiger partial charge in [-0.1, -0.05) is 13.0 Å². The molecule has 0 amide bonds. The summed E-state index contributed by atoms with van der Waals surface area (Å²) in [5, 5.41) is 7.81. The summed E-state index contributed by atoms with van der Waals surface area (Å²) in [5.41, 5.74) is 3.28. The third-order valence-corrected chi connectivity index (χ3v) is 5.17. The molecule has 2 aliphatic heterocycles. The van der Waals surface area contributed by atoms with Crippen molar-refractivity contribution in [3.05, 3.63) is 29.5 Å². The van der Waals surface area contributed by atoms with E-state index in [1.54, 1.807) is 0 Å². The number of ether oxygens (including phenoxy) is 1. The molecule has 2 aliphatic rings. The molecule has 0 saturated carbocycles. The lowest BCUT2D eigenvalue weighted by Gasteiger charge is -2.22. The Hall–Kier alpha value is -2.25. The highest BCUT2D eigenvalue weighted by Crippen LogP contribution is 2.19. The van der Waals surface area contributed by atoms with Crippen LogP contribution in [0.25, 0.3) is 10.9 Å². The molecule has 1 unspecified atom stereocenters. The summed E-state index contributed by atoms with van der Waals surface area (Å²) < 4.78 is 5.73. The summed E-state index contributed by atoms with van der Waals surface area (Å²) in [5.74, 6) is 1.49. The molecule has 0 radical (unpaired) electrons. The molecule has 7 heteroatoms. The monoisotopic (exact) mass is 356 g/mol. The second-order valence-electron chi connectivity index (χ2n) is 7.13. The maximum Gasteiger partial charge on any atom is 0.359 e. The Bertz CT molecular complexity index is 815. The summed E-state index contributed by atoms with van der Waals surface area (Å²) in [6.45, 7) is 7.88. The maximum absolute atomic E-state index is 5.73. The molecule has 1 saturated heterocycles. The molecular weight excluding hydrogens is 328 g/mol. The Balaban J connectivity index is 1.43. The van der Waals surface area contributed by atoms with E-state index in [0.29, 0.717) is 12.1 Å². The van der Waals surface area contributed by atoms with E-state index in [2.05, 4.69) is 50.7 Å². The van der Waals surface area contributed by atoms with Crippen LogP contribution in [0, 0.1) is 6.92 Å². The molecule has 1 aromatic heterocycles. The molecule has 7 nitrogen and oxygen atoms in total. The topological polar surface area (TPSA) is 77.5 Å². The molecule has 26 heavy (non-hydrogen) atoms. The van der Waals surface area contributed by atoms with Gasteiger partial charge in [-0.15, -0.1) is 0 Å². The Morgan fingerprint density at radius 1 is 1.38 bits per heavy atom. The lowest BCUT2D eigenvalue weighted by molar-refractivity contribution is -0.982. The molecule has 3 heterocycles. The van der Waals surface area contributed by atoms with Gasteiger partial charge in [-0.3, -0.25) is 4.90 Å². The number of benzene rings is 1. The molecule has 4 rings (SSSR count). The van der Waals surface area contributed by atoms with E-state index in [1.807, 2.05) is 6.92 Å². The third-order valence-electron chi connectivity index (χ3n) is 5.17. The molecule has 1 fully saturated rings. The van der Waals surface area contributed by atoms with E-state index in [0.717, 1.165) is 55.5 Å². The minimum absolute atomic E-state index is 0.405. The highest BCUT2D eigenvalue weighted by Gasteiger charge is 2.26. The molecule has 0 spiro atoms. The number of rotatable bonds is 4. The number of quaternary nitrogens is 1. The predicted molar refractivity (Wildman–Crippen MR) is 101 cm³/mol. The van der Waals surface area contributed by atoms with E-state index in [-0.39, 0.29) is 0 Å². The fraction of sp³-hybridized carbons (Fsp3) is 0.526. The van der Waals surface area contributed by atoms with Gasteiger partial charge < -0.3 is 4.74 Å². The predicted octanol–water partition coefficient (Wildman–Crippen LogP) is -1.07. The Morgan fingerprint density at radius 2 is 2.31 bits per heavy atom. The highest BCUT2D eigenvalue weighted by molar-refractivity contribution is 5.89. The second-order valence-corrected chi connectivity index (χ2v) is 7.13. The Morgan fingerprint density at radius 3 is 3.04 bits per heavy atom. The fourth-order valence-electron chi connectivity index (χ4n) is 3.63. The van der Waals surface area contributed by atoms with Crippen molar-refractivity contribution < 1.29 is 14.6 Å². The third kappa shape index (κ3) is 3.78. The van der Waals surface area contributed by atoms with Crippen LogP contribution in [0.15, 0.2) is 18.2 Å². The fourth-order valence-corrected chi connectivity index (χ4v) is 3.63. The minimum atomic E-state index is 0.405. The quantitative estimate of drug-likeness (QED) is 0.561. The zero-order valence-corrected chi connectivity index (χ0v) is 15.6. The molecular formula is C19H28N6O+2. The molecule has 2 atom stereocenters. The van der Waals surface area contributed by atoms with Crippen molar-refractivity contribution in [2.75, 3.05) is 31.8 Å². The molecule has 4 N–H and O–H groups in total. The summed E-state index contributed by atoms with van der Waals surface area (Å²) in [6.07, 6.45) is 3.80. The minimum Gasteiger partial charge on any atom is -0.372 e. The van der Waals surface area contributed by atoms with Crippen LogP contribution >= 0.6 is 0 Å². The van der Waals surface area contributed by atoms with Crippen LogP contribution in [-0.2, 0) is 11.2 Å². The average molecular weight is 356 g/mol. The van der Waals surface area contributed by atoms with Crippen LogP contribution in [0.2, 0.25) is 0 Å². The zero-order valence-electron chi connectivity index (χ0n) is 15.6. The molecule has 0 bridgehead atoms. The van der Waals surface area contributed by atoms with Gasteiger partial charge in [-0.05, 0) is 43.9 Å². The van der Waals surface area contributed by atoms with Crippen molar-refractivity contribution in [2.45, 2.75) is 39.2 Å². The molecule has 0 aliphatic carbocycles. The summed E-state index contributed by atoms with van der Waals surface area (Å²) >= 11 is 0. The van der Waals surface area contributed by atoms with Gasteiger partial charge in [0.2, 0.25) is 0 Å². The van der Waals surface area contributed by atoms with Crippen LogP contribution < -0.4 is 20.5 Å². The van der Waals surface area contributed by atoms with Crippen molar-refractivity contribution in [3.63, 3.8) is 0 Å². The number of hydrogen-bond acceptors (Lipinski definition) is 5. The van der Waals surface area contributed by atoms with Crippen molar-refractivity contribution in [1.82, 2.24) is 15.3 Å². The second kappa shape index (κ2) is 7.55. The number of guanidine groups is 1. The smallest absolute Gasteiger partial charge is 0.359 e. The molecule has 138 valence electrons. The van der Waals surface area contributed by atoms with Gasteiger partial charge in [0, 0.05) is 12.0 Å². The van der Waals surface area contributed by atoms with E-state index in [9.17, 15) is 0 Å². The first-order chi connectivity index (χ1) is 12.7. The van der Waals surface area contributed by atoms with Crippen LogP contribution in [0.3, 0.4) is 0 Å². The van der Waals surface area contributed by atoms with E-state index >= 15 is 0 Å². The summed E-state index contributed by atoms with van der Waals surface area (Å²) in [7, 11) is 0. The van der Waals surface area contributed by atoms with Gasteiger partial charge in [0.15, 0.2) is 13.3 Å². The lowest BCUT2D eigenvalue weighted by atomic mass is 10.1. The van der Waals surface area contributed by atoms with E-state index < -0.39 is 0 Å². The molecule has 2 aromatic rings. The normalized spacial score (nSPS) is 22.9. The van der Waals surface area contributed by atoms with Crippen LogP contribution in [0.5, 0.6) is 0 Å². The van der Waals surface area contributed by atoms with Crippen LogP contribution in [-0.4, -0.2) is 48.5 Å².